The zero-order valence-corrected chi connectivity index (χ0v) is 11.6. The van der Waals surface area contributed by atoms with Crippen molar-refractivity contribution in [3.05, 3.63) is 47.5 Å². The van der Waals surface area contributed by atoms with E-state index in [0.717, 1.165) is 0 Å². The fraction of sp³-hybridized carbons (Fsp3) is 0.286. The van der Waals surface area contributed by atoms with Gasteiger partial charge in [-0.1, -0.05) is 6.07 Å². The predicted molar refractivity (Wildman–Crippen MR) is 74.4 cm³/mol. The molecule has 0 aliphatic heterocycles. The summed E-state index contributed by atoms with van der Waals surface area (Å²) in [4.78, 5) is 11.5. The lowest BCUT2D eigenvalue weighted by molar-refractivity contribution is 0.0957. The molecule has 1 heterocycles. The molecule has 20 heavy (non-hydrogen) atoms. The van der Waals surface area contributed by atoms with Crippen LogP contribution in [0.3, 0.4) is 0 Å². The van der Waals surface area contributed by atoms with Gasteiger partial charge >= 0.3 is 0 Å². The Bertz CT molecular complexity index is 623. The van der Waals surface area contributed by atoms with Crippen molar-refractivity contribution in [3.63, 3.8) is 0 Å². The first-order valence-corrected chi connectivity index (χ1v) is 6.32. The molecule has 2 aromatic rings. The summed E-state index contributed by atoms with van der Waals surface area (Å²) < 4.78 is 15.6. The monoisotopic (exact) mass is 276 g/mol. The van der Waals surface area contributed by atoms with E-state index in [1.54, 1.807) is 31.4 Å². The minimum absolute atomic E-state index is 0.168. The summed E-state index contributed by atoms with van der Waals surface area (Å²) in [7, 11) is 3.30. The summed E-state index contributed by atoms with van der Waals surface area (Å²) in [5.41, 5.74) is 1.42. The molecule has 0 fully saturated rings. The quantitative estimate of drug-likeness (QED) is 0.892. The highest BCUT2D eigenvalue weighted by Crippen LogP contribution is 2.24. The van der Waals surface area contributed by atoms with E-state index in [4.69, 9.17) is 0 Å². The summed E-state index contributed by atoms with van der Waals surface area (Å²) >= 11 is 0. The van der Waals surface area contributed by atoms with Crippen LogP contribution in [0.25, 0.3) is 5.69 Å². The fourth-order valence-electron chi connectivity index (χ4n) is 2.01. The molecule has 0 bridgehead atoms. The van der Waals surface area contributed by atoms with Gasteiger partial charge in [-0.05, 0) is 32.2 Å². The van der Waals surface area contributed by atoms with Crippen molar-refractivity contribution in [2.75, 3.05) is 14.1 Å². The number of carbonyl (C=O) groups excluding carboxylic acids is 1. The number of rotatable bonds is 4. The van der Waals surface area contributed by atoms with Crippen molar-refractivity contribution in [1.29, 1.82) is 0 Å². The Morgan fingerprint density at radius 2 is 2.10 bits per heavy atom. The zero-order valence-electron chi connectivity index (χ0n) is 11.6. The van der Waals surface area contributed by atoms with Crippen LogP contribution in [-0.2, 0) is 0 Å². The summed E-state index contributed by atoms with van der Waals surface area (Å²) in [5.74, 6) is -0.579. The number of carbonyl (C=O) groups is 1. The van der Waals surface area contributed by atoms with Crippen LogP contribution in [0.1, 0.15) is 29.0 Å². The van der Waals surface area contributed by atoms with Gasteiger partial charge in [-0.3, -0.25) is 4.79 Å². The molecule has 0 aliphatic carbocycles. The van der Waals surface area contributed by atoms with E-state index in [1.807, 2.05) is 6.92 Å². The zero-order chi connectivity index (χ0) is 14.7. The van der Waals surface area contributed by atoms with Gasteiger partial charge in [-0.15, -0.1) is 0 Å². The molecule has 6 heteroatoms. The van der Waals surface area contributed by atoms with Crippen molar-refractivity contribution in [1.82, 2.24) is 20.4 Å². The summed E-state index contributed by atoms with van der Waals surface area (Å²) in [5, 5.41) is 9.70. The molecule has 1 atom stereocenters. The normalized spacial score (nSPS) is 12.2. The van der Waals surface area contributed by atoms with E-state index < -0.39 is 0 Å². The Labute approximate surface area is 116 Å². The van der Waals surface area contributed by atoms with E-state index in [1.165, 1.54) is 17.8 Å². The second-order valence-electron chi connectivity index (χ2n) is 4.41. The topological polar surface area (TPSA) is 59.0 Å². The largest absolute Gasteiger partial charge is 0.354 e. The lowest BCUT2D eigenvalue weighted by Crippen LogP contribution is -2.19. The lowest BCUT2D eigenvalue weighted by atomic mass is 10.1. The van der Waals surface area contributed by atoms with Crippen LogP contribution in [0.2, 0.25) is 0 Å². The lowest BCUT2D eigenvalue weighted by Gasteiger charge is -2.16. The molecule has 1 unspecified atom stereocenters. The van der Waals surface area contributed by atoms with Gasteiger partial charge in [0.25, 0.3) is 5.91 Å². The molecule has 2 N–H and O–H groups in total. The molecule has 0 aliphatic rings. The highest BCUT2D eigenvalue weighted by Gasteiger charge is 2.17. The van der Waals surface area contributed by atoms with Crippen LogP contribution >= 0.6 is 0 Å². The van der Waals surface area contributed by atoms with Crippen molar-refractivity contribution >= 4 is 5.91 Å². The van der Waals surface area contributed by atoms with Crippen LogP contribution in [0.4, 0.5) is 4.39 Å². The maximum absolute atomic E-state index is 14.0. The number of nitrogens with zero attached hydrogens (tertiary/aromatic N) is 2. The third-order valence-electron chi connectivity index (χ3n) is 3.19. The van der Waals surface area contributed by atoms with E-state index in [9.17, 15) is 9.18 Å². The van der Waals surface area contributed by atoms with E-state index in [-0.39, 0.29) is 17.8 Å². The van der Waals surface area contributed by atoms with Crippen LogP contribution in [-0.4, -0.2) is 29.8 Å². The standard InChI is InChI=1S/C14H17FN4O/c1-9(16-2)13-10(15)5-4-6-12(13)19-8-7-11(18-19)14(20)17-3/h4-9,16H,1-3H3,(H,17,20). The van der Waals surface area contributed by atoms with Gasteiger partial charge in [0.05, 0.1) is 5.69 Å². The Morgan fingerprint density at radius 1 is 1.35 bits per heavy atom. The highest BCUT2D eigenvalue weighted by molar-refractivity contribution is 5.91. The third kappa shape index (κ3) is 2.55. The van der Waals surface area contributed by atoms with Crippen LogP contribution in [0.5, 0.6) is 0 Å². The first-order valence-electron chi connectivity index (χ1n) is 6.32. The number of aromatic nitrogens is 2. The van der Waals surface area contributed by atoms with Gasteiger partial charge in [0, 0.05) is 24.8 Å². The van der Waals surface area contributed by atoms with Gasteiger partial charge in [-0.2, -0.15) is 5.10 Å². The van der Waals surface area contributed by atoms with Crippen molar-refractivity contribution in [3.8, 4) is 5.69 Å². The minimum Gasteiger partial charge on any atom is -0.354 e. The number of hydrogen-bond acceptors (Lipinski definition) is 3. The summed E-state index contributed by atoms with van der Waals surface area (Å²) in [6.45, 7) is 1.87. The van der Waals surface area contributed by atoms with Gasteiger partial charge < -0.3 is 10.6 Å². The molecule has 1 amide bonds. The predicted octanol–water partition coefficient (Wildman–Crippen LogP) is 1.65. The molecule has 0 spiro atoms. The Kier molecular flexibility index (Phi) is 4.14. The minimum atomic E-state index is -0.304. The van der Waals surface area contributed by atoms with Crippen molar-refractivity contribution in [2.45, 2.75) is 13.0 Å². The fourth-order valence-corrected chi connectivity index (χ4v) is 2.01. The van der Waals surface area contributed by atoms with E-state index >= 15 is 0 Å². The first-order chi connectivity index (χ1) is 9.58. The average molecular weight is 276 g/mol. The molecule has 106 valence electrons. The van der Waals surface area contributed by atoms with Crippen LogP contribution in [0.15, 0.2) is 30.5 Å². The van der Waals surface area contributed by atoms with Crippen LogP contribution < -0.4 is 10.6 Å². The van der Waals surface area contributed by atoms with Gasteiger partial charge in [0.2, 0.25) is 0 Å². The van der Waals surface area contributed by atoms with Gasteiger partial charge in [-0.25, -0.2) is 9.07 Å². The van der Waals surface area contributed by atoms with Gasteiger partial charge in [0.15, 0.2) is 5.69 Å². The summed E-state index contributed by atoms with van der Waals surface area (Å²) in [6.07, 6.45) is 1.64. The number of hydrogen-bond donors (Lipinski definition) is 2. The molecular weight excluding hydrogens is 259 g/mol. The average Bonchev–Trinajstić information content (AvgIpc) is 2.95. The van der Waals surface area contributed by atoms with Crippen molar-refractivity contribution in [2.24, 2.45) is 0 Å². The molecule has 0 radical (unpaired) electrons. The maximum atomic E-state index is 14.0. The number of amides is 1. The molecule has 5 nitrogen and oxygen atoms in total. The second-order valence-corrected chi connectivity index (χ2v) is 4.41. The number of nitrogens with one attached hydrogen (secondary N) is 2. The second kappa shape index (κ2) is 5.83. The maximum Gasteiger partial charge on any atom is 0.271 e. The first kappa shape index (κ1) is 14.2. The smallest absolute Gasteiger partial charge is 0.271 e. The molecule has 0 saturated carbocycles. The van der Waals surface area contributed by atoms with Gasteiger partial charge in [0.1, 0.15) is 5.82 Å². The Morgan fingerprint density at radius 3 is 2.75 bits per heavy atom. The SMILES string of the molecule is CNC(=O)c1ccn(-c2cccc(F)c2C(C)NC)n1. The molecule has 2 rings (SSSR count). The Balaban J connectivity index is 2.50. The summed E-state index contributed by atoms with van der Waals surface area (Å²) in [6, 6.07) is 6.23. The molecular formula is C14H17FN4O. The molecule has 0 saturated heterocycles. The molecule has 1 aromatic carbocycles. The molecule has 1 aromatic heterocycles. The number of halogens is 1. The van der Waals surface area contributed by atoms with Crippen molar-refractivity contribution < 1.29 is 9.18 Å². The van der Waals surface area contributed by atoms with E-state index in [2.05, 4.69) is 15.7 Å². The highest BCUT2D eigenvalue weighted by atomic mass is 19.1. The number of benzene rings is 1. The Hall–Kier alpha value is -2.21. The van der Waals surface area contributed by atoms with E-state index in [0.29, 0.717) is 16.9 Å². The third-order valence-corrected chi connectivity index (χ3v) is 3.19. The van der Waals surface area contributed by atoms with Crippen LogP contribution in [0, 0.1) is 5.82 Å².